The maximum absolute atomic E-state index is 12.4. The number of nitro benzene ring substituents is 1. The van der Waals surface area contributed by atoms with Crippen molar-refractivity contribution in [2.75, 3.05) is 27.3 Å². The van der Waals surface area contributed by atoms with Gasteiger partial charge in [-0.2, -0.15) is 0 Å². The van der Waals surface area contributed by atoms with Crippen molar-refractivity contribution in [3.63, 3.8) is 0 Å². The quantitative estimate of drug-likeness (QED) is 0.608. The molecule has 1 aliphatic carbocycles. The second kappa shape index (κ2) is 5.45. The van der Waals surface area contributed by atoms with Gasteiger partial charge in [0.25, 0.3) is 11.6 Å². The lowest BCUT2D eigenvalue weighted by molar-refractivity contribution is -0.385. The lowest BCUT2D eigenvalue weighted by Crippen LogP contribution is -2.32. The molecule has 0 aromatic heterocycles. The average molecular weight is 307 g/mol. The normalized spacial score (nSPS) is 25.3. The summed E-state index contributed by atoms with van der Waals surface area (Å²) >= 11 is 0. The summed E-state index contributed by atoms with van der Waals surface area (Å²) < 4.78 is 10.2. The Balaban J connectivity index is 1.87. The van der Waals surface area contributed by atoms with Crippen LogP contribution in [0.25, 0.3) is 0 Å². The SMILES string of the molecule is COc1cc(C(=O)NC2C3CNCC32)c([N+](=O)[O-])cc1OC. The van der Waals surface area contributed by atoms with Crippen molar-refractivity contribution in [1.82, 2.24) is 10.6 Å². The molecular formula is C14H17N3O5. The summed E-state index contributed by atoms with van der Waals surface area (Å²) in [5.74, 6) is 0.924. The van der Waals surface area contributed by atoms with E-state index in [1.54, 1.807) is 0 Å². The Bertz CT molecular complexity index is 623. The molecule has 1 amide bonds. The van der Waals surface area contributed by atoms with E-state index >= 15 is 0 Å². The van der Waals surface area contributed by atoms with Crippen LogP contribution < -0.4 is 20.1 Å². The molecule has 1 aromatic carbocycles. The summed E-state index contributed by atoms with van der Waals surface area (Å²) in [6.07, 6.45) is 0. The third-order valence-electron chi connectivity index (χ3n) is 4.33. The van der Waals surface area contributed by atoms with Gasteiger partial charge in [-0.1, -0.05) is 0 Å². The molecule has 1 saturated carbocycles. The average Bonchev–Trinajstić information content (AvgIpc) is 2.95. The molecular weight excluding hydrogens is 290 g/mol. The highest BCUT2D eigenvalue weighted by Gasteiger charge is 2.53. The molecule has 8 nitrogen and oxygen atoms in total. The molecule has 1 aromatic rings. The van der Waals surface area contributed by atoms with E-state index in [1.165, 1.54) is 26.4 Å². The number of ether oxygens (including phenoxy) is 2. The second-order valence-corrected chi connectivity index (χ2v) is 5.47. The van der Waals surface area contributed by atoms with Crippen molar-refractivity contribution in [1.29, 1.82) is 0 Å². The van der Waals surface area contributed by atoms with E-state index in [9.17, 15) is 14.9 Å². The van der Waals surface area contributed by atoms with Crippen molar-refractivity contribution in [2.45, 2.75) is 6.04 Å². The Hall–Kier alpha value is -2.35. The lowest BCUT2D eigenvalue weighted by Gasteiger charge is -2.11. The van der Waals surface area contributed by atoms with Gasteiger partial charge in [0.15, 0.2) is 11.5 Å². The number of carbonyl (C=O) groups excluding carboxylic acids is 1. The summed E-state index contributed by atoms with van der Waals surface area (Å²) in [6.45, 7) is 1.76. The van der Waals surface area contributed by atoms with Gasteiger partial charge in [-0.25, -0.2) is 0 Å². The number of hydrogen-bond acceptors (Lipinski definition) is 6. The van der Waals surface area contributed by atoms with Gasteiger partial charge in [0.1, 0.15) is 5.56 Å². The van der Waals surface area contributed by atoms with Gasteiger partial charge in [0, 0.05) is 25.2 Å². The Morgan fingerprint density at radius 3 is 2.41 bits per heavy atom. The monoisotopic (exact) mass is 307 g/mol. The minimum Gasteiger partial charge on any atom is -0.493 e. The highest BCUT2D eigenvalue weighted by molar-refractivity contribution is 5.99. The molecule has 8 heteroatoms. The minimum absolute atomic E-state index is 0.0133. The molecule has 0 radical (unpaired) electrons. The van der Waals surface area contributed by atoms with Crippen LogP contribution in [0.5, 0.6) is 11.5 Å². The molecule has 22 heavy (non-hydrogen) atoms. The summed E-state index contributed by atoms with van der Waals surface area (Å²) in [5.41, 5.74) is -0.306. The molecule has 2 aliphatic rings. The third kappa shape index (κ3) is 2.35. The van der Waals surface area contributed by atoms with Crippen molar-refractivity contribution in [3.05, 3.63) is 27.8 Å². The van der Waals surface area contributed by atoms with E-state index < -0.39 is 10.8 Å². The Morgan fingerprint density at radius 2 is 1.86 bits per heavy atom. The van der Waals surface area contributed by atoms with Crippen LogP contribution in [0.4, 0.5) is 5.69 Å². The second-order valence-electron chi connectivity index (χ2n) is 5.47. The van der Waals surface area contributed by atoms with Crippen LogP contribution in [-0.4, -0.2) is 44.2 Å². The van der Waals surface area contributed by atoms with Gasteiger partial charge in [-0.05, 0) is 11.8 Å². The first kappa shape index (κ1) is 14.6. The fourth-order valence-corrected chi connectivity index (χ4v) is 3.06. The molecule has 118 valence electrons. The number of methoxy groups -OCH3 is 2. The predicted octanol–water partition coefficient (Wildman–Crippen LogP) is 0.560. The van der Waals surface area contributed by atoms with Crippen LogP contribution in [0.2, 0.25) is 0 Å². The Morgan fingerprint density at radius 1 is 1.27 bits per heavy atom. The highest BCUT2D eigenvalue weighted by Crippen LogP contribution is 2.42. The molecule has 3 rings (SSSR count). The van der Waals surface area contributed by atoms with Gasteiger partial charge in [0.05, 0.1) is 25.2 Å². The predicted molar refractivity (Wildman–Crippen MR) is 77.3 cm³/mol. The van der Waals surface area contributed by atoms with Crippen LogP contribution in [0, 0.1) is 22.0 Å². The summed E-state index contributed by atoms with van der Waals surface area (Å²) in [5, 5.41) is 17.3. The van der Waals surface area contributed by atoms with Crippen LogP contribution in [0.3, 0.4) is 0 Å². The van der Waals surface area contributed by atoms with Gasteiger partial charge in [-0.15, -0.1) is 0 Å². The zero-order valence-electron chi connectivity index (χ0n) is 12.3. The number of hydrogen-bond donors (Lipinski definition) is 2. The summed E-state index contributed by atoms with van der Waals surface area (Å²) in [6, 6.07) is 2.66. The first-order valence-electron chi connectivity index (χ1n) is 6.98. The zero-order chi connectivity index (χ0) is 15.9. The molecule has 2 N–H and O–H groups in total. The molecule has 2 atom stereocenters. The smallest absolute Gasteiger partial charge is 0.286 e. The molecule has 2 fully saturated rings. The van der Waals surface area contributed by atoms with Crippen molar-refractivity contribution >= 4 is 11.6 Å². The maximum atomic E-state index is 12.4. The van der Waals surface area contributed by atoms with Crippen LogP contribution in [-0.2, 0) is 0 Å². The van der Waals surface area contributed by atoms with Gasteiger partial charge < -0.3 is 20.1 Å². The molecule has 1 aliphatic heterocycles. The molecule has 0 bridgehead atoms. The summed E-state index contributed by atoms with van der Waals surface area (Å²) in [7, 11) is 2.81. The number of carbonyl (C=O) groups is 1. The minimum atomic E-state index is -0.591. The van der Waals surface area contributed by atoms with Crippen molar-refractivity contribution in [2.24, 2.45) is 11.8 Å². The number of rotatable bonds is 5. The number of nitro groups is 1. The topological polar surface area (TPSA) is 103 Å². The summed E-state index contributed by atoms with van der Waals surface area (Å²) in [4.78, 5) is 23.0. The van der Waals surface area contributed by atoms with Crippen LogP contribution in [0.15, 0.2) is 12.1 Å². The van der Waals surface area contributed by atoms with Gasteiger partial charge in [0.2, 0.25) is 0 Å². The standard InChI is InChI=1S/C14H17N3O5/c1-21-11-3-7(10(17(19)20)4-12(11)22-2)14(18)16-13-8-5-15-6-9(8)13/h3-4,8-9,13,15H,5-6H2,1-2H3,(H,16,18). The van der Waals surface area contributed by atoms with Crippen LogP contribution in [0.1, 0.15) is 10.4 Å². The Labute approximate surface area is 126 Å². The molecule has 2 unspecified atom stereocenters. The first-order chi connectivity index (χ1) is 10.6. The van der Waals surface area contributed by atoms with Gasteiger partial charge in [-0.3, -0.25) is 14.9 Å². The molecule has 1 heterocycles. The number of fused-ring (bicyclic) bond motifs is 1. The number of nitrogens with zero attached hydrogens (tertiary/aromatic N) is 1. The largest absolute Gasteiger partial charge is 0.493 e. The van der Waals surface area contributed by atoms with Crippen molar-refractivity contribution < 1.29 is 19.2 Å². The van der Waals surface area contributed by atoms with E-state index in [2.05, 4.69) is 10.6 Å². The fourth-order valence-electron chi connectivity index (χ4n) is 3.06. The van der Waals surface area contributed by atoms with E-state index in [-0.39, 0.29) is 28.8 Å². The number of amides is 1. The van der Waals surface area contributed by atoms with Gasteiger partial charge >= 0.3 is 0 Å². The van der Waals surface area contributed by atoms with E-state index in [0.717, 1.165) is 13.1 Å². The fraction of sp³-hybridized carbons (Fsp3) is 0.500. The number of benzene rings is 1. The third-order valence-corrected chi connectivity index (χ3v) is 4.33. The number of piperidine rings is 1. The molecule has 1 saturated heterocycles. The zero-order valence-corrected chi connectivity index (χ0v) is 12.3. The first-order valence-corrected chi connectivity index (χ1v) is 6.98. The number of nitrogens with one attached hydrogen (secondary N) is 2. The lowest BCUT2D eigenvalue weighted by atomic mass is 10.1. The van der Waals surface area contributed by atoms with Crippen molar-refractivity contribution in [3.8, 4) is 11.5 Å². The Kier molecular flexibility index (Phi) is 3.61. The maximum Gasteiger partial charge on any atom is 0.286 e. The highest BCUT2D eigenvalue weighted by atomic mass is 16.6. The van der Waals surface area contributed by atoms with Crippen LogP contribution >= 0.6 is 0 Å². The molecule has 0 spiro atoms. The van der Waals surface area contributed by atoms with E-state index in [0.29, 0.717) is 11.8 Å². The van der Waals surface area contributed by atoms with E-state index in [4.69, 9.17) is 9.47 Å². The van der Waals surface area contributed by atoms with E-state index in [1.807, 2.05) is 0 Å².